The van der Waals surface area contributed by atoms with Crippen molar-refractivity contribution < 1.29 is 23.8 Å². The molecule has 8 nitrogen and oxygen atoms in total. The summed E-state index contributed by atoms with van der Waals surface area (Å²) < 4.78 is 16.8. The molecule has 0 saturated carbocycles. The van der Waals surface area contributed by atoms with Crippen LogP contribution < -0.4 is 20.7 Å². The van der Waals surface area contributed by atoms with Crippen LogP contribution in [-0.2, 0) is 14.3 Å². The van der Waals surface area contributed by atoms with E-state index in [2.05, 4.69) is 16.0 Å². The second-order valence-corrected chi connectivity index (χ2v) is 8.29. The van der Waals surface area contributed by atoms with Crippen LogP contribution in [0.3, 0.4) is 0 Å². The van der Waals surface area contributed by atoms with E-state index < -0.39 is 0 Å². The van der Waals surface area contributed by atoms with Gasteiger partial charge in [-0.25, -0.2) is 0 Å². The number of carbonyl (C=O) groups excluding carboxylic acids is 2. The van der Waals surface area contributed by atoms with Gasteiger partial charge in [0.25, 0.3) is 5.91 Å². The van der Waals surface area contributed by atoms with Crippen LogP contribution in [0.5, 0.6) is 5.75 Å². The molecule has 2 heterocycles. The Hall–Kier alpha value is -3.10. The van der Waals surface area contributed by atoms with Gasteiger partial charge < -0.3 is 30.2 Å². The smallest absolute Gasteiger partial charge is 0.251 e. The molecule has 2 fully saturated rings. The van der Waals surface area contributed by atoms with Crippen LogP contribution >= 0.6 is 0 Å². The zero-order valence-corrected chi connectivity index (χ0v) is 18.7. The van der Waals surface area contributed by atoms with E-state index in [9.17, 15) is 9.59 Å². The Bertz CT molecular complexity index is 905. The molecule has 3 N–H and O–H groups in total. The molecular weight excluding hydrogens is 422 g/mol. The molecule has 0 aliphatic carbocycles. The summed E-state index contributed by atoms with van der Waals surface area (Å²) in [5.74, 6) is 0.456. The van der Waals surface area contributed by atoms with Crippen molar-refractivity contribution in [2.45, 2.75) is 37.9 Å². The van der Waals surface area contributed by atoms with E-state index in [0.717, 1.165) is 50.3 Å². The van der Waals surface area contributed by atoms with Crippen LogP contribution in [-0.4, -0.2) is 56.9 Å². The molecule has 0 aromatic heterocycles. The first kappa shape index (κ1) is 23.1. The van der Waals surface area contributed by atoms with Crippen molar-refractivity contribution in [3.05, 3.63) is 54.1 Å². The van der Waals surface area contributed by atoms with Gasteiger partial charge in [-0.3, -0.25) is 9.59 Å². The molecule has 2 aliphatic heterocycles. The van der Waals surface area contributed by atoms with E-state index in [1.807, 2.05) is 24.3 Å². The van der Waals surface area contributed by atoms with Crippen molar-refractivity contribution in [2.24, 2.45) is 0 Å². The Morgan fingerprint density at radius 2 is 1.55 bits per heavy atom. The van der Waals surface area contributed by atoms with E-state index in [1.54, 1.807) is 24.3 Å². The molecule has 2 amide bonds. The molecule has 2 unspecified atom stereocenters. The van der Waals surface area contributed by atoms with Crippen molar-refractivity contribution in [1.29, 1.82) is 0 Å². The number of benzene rings is 2. The predicted molar refractivity (Wildman–Crippen MR) is 126 cm³/mol. The van der Waals surface area contributed by atoms with Crippen LogP contribution in [0.4, 0.5) is 11.4 Å². The Morgan fingerprint density at radius 3 is 2.21 bits per heavy atom. The zero-order chi connectivity index (χ0) is 22.9. The number of hydrogen-bond donors (Lipinski definition) is 3. The van der Waals surface area contributed by atoms with Crippen molar-refractivity contribution >= 4 is 23.2 Å². The maximum Gasteiger partial charge on any atom is 0.251 e. The molecule has 0 spiro atoms. The Balaban J connectivity index is 1.16. The summed E-state index contributed by atoms with van der Waals surface area (Å²) in [7, 11) is 0. The number of ether oxygens (including phenoxy) is 3. The number of anilines is 2. The highest BCUT2D eigenvalue weighted by atomic mass is 16.5. The molecule has 2 aromatic carbocycles. The third kappa shape index (κ3) is 7.20. The maximum absolute atomic E-state index is 12.3. The predicted octanol–water partition coefficient (Wildman–Crippen LogP) is 3.20. The molecule has 2 aliphatic rings. The molecule has 176 valence electrons. The number of carbonyl (C=O) groups is 2. The molecule has 2 saturated heterocycles. The summed E-state index contributed by atoms with van der Waals surface area (Å²) in [6, 6.07) is 14.3. The van der Waals surface area contributed by atoms with Crippen LogP contribution in [0.15, 0.2) is 48.5 Å². The molecule has 0 bridgehead atoms. The normalized spacial score (nSPS) is 19.8. The fourth-order valence-electron chi connectivity index (χ4n) is 3.84. The van der Waals surface area contributed by atoms with Gasteiger partial charge >= 0.3 is 0 Å². The minimum absolute atomic E-state index is 0.107. The fourth-order valence-corrected chi connectivity index (χ4v) is 3.84. The van der Waals surface area contributed by atoms with Gasteiger partial charge in [0.1, 0.15) is 12.4 Å². The summed E-state index contributed by atoms with van der Waals surface area (Å²) in [5.41, 5.74) is 2.01. The van der Waals surface area contributed by atoms with Crippen LogP contribution in [0.1, 0.15) is 36.0 Å². The lowest BCUT2D eigenvalue weighted by atomic mass is 10.2. The number of amides is 2. The largest absolute Gasteiger partial charge is 0.491 e. The minimum atomic E-state index is -0.177. The van der Waals surface area contributed by atoms with Gasteiger partial charge in [-0.05, 0) is 74.2 Å². The van der Waals surface area contributed by atoms with Crippen molar-refractivity contribution in [1.82, 2.24) is 5.32 Å². The summed E-state index contributed by atoms with van der Waals surface area (Å²) in [4.78, 5) is 24.5. The lowest BCUT2D eigenvalue weighted by Crippen LogP contribution is -2.31. The molecule has 33 heavy (non-hydrogen) atoms. The third-order valence-corrected chi connectivity index (χ3v) is 5.71. The third-order valence-electron chi connectivity index (χ3n) is 5.71. The van der Waals surface area contributed by atoms with E-state index in [0.29, 0.717) is 24.4 Å². The van der Waals surface area contributed by atoms with Gasteiger partial charge in [-0.2, -0.15) is 0 Å². The fraction of sp³-hybridized carbons (Fsp3) is 0.440. The SMILES string of the molecule is O=C(CNc1ccc(OCC2CCCO2)cc1)Nc1ccc(C(=O)NCC2CCCO2)cc1. The van der Waals surface area contributed by atoms with Crippen LogP contribution in [0.2, 0.25) is 0 Å². The molecule has 0 radical (unpaired) electrons. The Labute approximate surface area is 194 Å². The number of nitrogens with one attached hydrogen (secondary N) is 3. The number of rotatable bonds is 10. The van der Waals surface area contributed by atoms with Gasteiger partial charge in [-0.1, -0.05) is 0 Å². The minimum Gasteiger partial charge on any atom is -0.491 e. The van der Waals surface area contributed by atoms with Gasteiger partial charge in [-0.15, -0.1) is 0 Å². The molecule has 2 atom stereocenters. The average molecular weight is 454 g/mol. The first-order chi connectivity index (χ1) is 16.2. The summed E-state index contributed by atoms with van der Waals surface area (Å²) in [5, 5.41) is 8.81. The Kier molecular flexibility index (Phi) is 8.16. The highest BCUT2D eigenvalue weighted by molar-refractivity contribution is 5.96. The summed E-state index contributed by atoms with van der Waals surface area (Å²) in [6.07, 6.45) is 4.44. The second kappa shape index (κ2) is 11.7. The van der Waals surface area contributed by atoms with Gasteiger partial charge in [0.2, 0.25) is 5.91 Å². The highest BCUT2D eigenvalue weighted by Gasteiger charge is 2.17. The van der Waals surface area contributed by atoms with Crippen LogP contribution in [0, 0.1) is 0 Å². The molecular formula is C25H31N3O5. The maximum atomic E-state index is 12.3. The van der Waals surface area contributed by atoms with E-state index >= 15 is 0 Å². The van der Waals surface area contributed by atoms with E-state index in [-0.39, 0.29) is 30.6 Å². The highest BCUT2D eigenvalue weighted by Crippen LogP contribution is 2.18. The molecule has 2 aromatic rings. The first-order valence-electron chi connectivity index (χ1n) is 11.5. The quantitative estimate of drug-likeness (QED) is 0.511. The van der Waals surface area contributed by atoms with Gasteiger partial charge in [0, 0.05) is 36.7 Å². The van der Waals surface area contributed by atoms with E-state index in [1.165, 1.54) is 0 Å². The van der Waals surface area contributed by atoms with Gasteiger partial charge in [0.05, 0.1) is 18.8 Å². The average Bonchev–Trinajstić information content (AvgIpc) is 3.55. The first-order valence-corrected chi connectivity index (χ1v) is 11.5. The van der Waals surface area contributed by atoms with Crippen molar-refractivity contribution in [3.63, 3.8) is 0 Å². The van der Waals surface area contributed by atoms with Crippen molar-refractivity contribution in [2.75, 3.05) is 43.5 Å². The summed E-state index contributed by atoms with van der Waals surface area (Å²) >= 11 is 0. The van der Waals surface area contributed by atoms with E-state index in [4.69, 9.17) is 14.2 Å². The zero-order valence-electron chi connectivity index (χ0n) is 18.7. The lowest BCUT2D eigenvalue weighted by Gasteiger charge is -2.12. The lowest BCUT2D eigenvalue weighted by molar-refractivity contribution is -0.114. The topological polar surface area (TPSA) is 97.9 Å². The standard InChI is InChI=1S/C25H31N3O5/c29-24(16-26-19-9-11-21(12-10-19)33-17-23-4-2-14-32-23)28-20-7-5-18(6-8-20)25(30)27-15-22-3-1-13-31-22/h5-12,22-23,26H,1-4,13-17H2,(H,27,30)(H,28,29). The van der Waals surface area contributed by atoms with Gasteiger partial charge in [0.15, 0.2) is 0 Å². The molecule has 4 rings (SSSR count). The van der Waals surface area contributed by atoms with Crippen LogP contribution in [0.25, 0.3) is 0 Å². The summed E-state index contributed by atoms with van der Waals surface area (Å²) in [6.45, 7) is 2.78. The monoisotopic (exact) mass is 453 g/mol. The van der Waals surface area contributed by atoms with Crippen molar-refractivity contribution in [3.8, 4) is 5.75 Å². The number of hydrogen-bond acceptors (Lipinski definition) is 6. The Morgan fingerprint density at radius 1 is 0.879 bits per heavy atom. The molecule has 8 heteroatoms. The second-order valence-electron chi connectivity index (χ2n) is 8.29.